The molecule has 0 amide bonds. The predicted octanol–water partition coefficient (Wildman–Crippen LogP) is 3.77. The van der Waals surface area contributed by atoms with Gasteiger partial charge in [0.15, 0.2) is 0 Å². The van der Waals surface area contributed by atoms with Crippen molar-refractivity contribution in [1.82, 2.24) is 4.98 Å². The van der Waals surface area contributed by atoms with Crippen molar-refractivity contribution in [2.24, 2.45) is 0 Å². The molecule has 0 saturated heterocycles. The first kappa shape index (κ1) is 9.93. The van der Waals surface area contributed by atoms with Crippen LogP contribution in [0.2, 0.25) is 0 Å². The molecule has 0 saturated carbocycles. The topological polar surface area (TPSA) is 33.1 Å². The number of phenolic OH excluding ortho intramolecular Hbond substituents is 1. The van der Waals surface area contributed by atoms with Crippen LogP contribution in [0.3, 0.4) is 0 Å². The minimum absolute atomic E-state index is 0.201. The zero-order valence-corrected chi connectivity index (χ0v) is 10.6. The molecule has 0 spiro atoms. The highest BCUT2D eigenvalue weighted by Gasteiger charge is 2.08. The van der Waals surface area contributed by atoms with E-state index in [-0.39, 0.29) is 5.75 Å². The summed E-state index contributed by atoms with van der Waals surface area (Å²) in [6.45, 7) is 1.99. The molecule has 0 atom stereocenters. The lowest BCUT2D eigenvalue weighted by molar-refractivity contribution is 0.480. The van der Waals surface area contributed by atoms with Crippen LogP contribution in [-0.2, 0) is 0 Å². The molecule has 0 aliphatic carbocycles. The number of aryl methyl sites for hydroxylation is 1. The lowest BCUT2D eigenvalue weighted by atomic mass is 10.1. The van der Waals surface area contributed by atoms with Crippen molar-refractivity contribution in [3.05, 3.63) is 32.8 Å². The van der Waals surface area contributed by atoms with Gasteiger partial charge in [-0.1, -0.05) is 15.9 Å². The normalized spacial score (nSPS) is 10.8. The molecular weight excluding hydrogens is 310 g/mol. The fourth-order valence-electron chi connectivity index (χ4n) is 1.43. The highest BCUT2D eigenvalue weighted by atomic mass is 79.9. The number of phenols is 1. The molecule has 2 aromatic rings. The monoisotopic (exact) mass is 315 g/mol. The summed E-state index contributed by atoms with van der Waals surface area (Å²) in [5, 5.41) is 10.6. The van der Waals surface area contributed by atoms with E-state index < -0.39 is 0 Å². The third kappa shape index (κ3) is 1.53. The molecule has 1 aromatic heterocycles. The standard InChI is InChI=1S/C10H7Br2NO/c1-5-4-8(12)13-10-7(14)3-2-6(11)9(5)10/h2-4,14H,1H3. The first-order valence-electron chi connectivity index (χ1n) is 4.04. The number of halogens is 2. The fourth-order valence-corrected chi connectivity index (χ4v) is 2.59. The van der Waals surface area contributed by atoms with Crippen LogP contribution in [0.15, 0.2) is 27.3 Å². The van der Waals surface area contributed by atoms with Gasteiger partial charge in [-0.15, -0.1) is 0 Å². The first-order chi connectivity index (χ1) is 6.59. The predicted molar refractivity (Wildman–Crippen MR) is 63.5 cm³/mol. The SMILES string of the molecule is Cc1cc(Br)nc2c(O)ccc(Br)c12. The van der Waals surface area contributed by atoms with Gasteiger partial charge in [-0.25, -0.2) is 4.98 Å². The van der Waals surface area contributed by atoms with Crippen molar-refractivity contribution in [3.63, 3.8) is 0 Å². The van der Waals surface area contributed by atoms with Crippen LogP contribution in [0.5, 0.6) is 5.75 Å². The number of hydrogen-bond donors (Lipinski definition) is 1. The Kier molecular flexibility index (Phi) is 2.49. The first-order valence-corrected chi connectivity index (χ1v) is 5.62. The van der Waals surface area contributed by atoms with E-state index in [1.807, 2.05) is 19.1 Å². The maximum Gasteiger partial charge on any atom is 0.141 e. The van der Waals surface area contributed by atoms with Crippen molar-refractivity contribution in [3.8, 4) is 5.75 Å². The molecule has 0 aliphatic heterocycles. The van der Waals surface area contributed by atoms with Crippen molar-refractivity contribution < 1.29 is 5.11 Å². The third-order valence-electron chi connectivity index (χ3n) is 2.05. The molecule has 0 aliphatic rings. The number of rotatable bonds is 0. The van der Waals surface area contributed by atoms with E-state index in [0.29, 0.717) is 5.52 Å². The van der Waals surface area contributed by atoms with Gasteiger partial charge in [-0.05, 0) is 46.6 Å². The minimum atomic E-state index is 0.201. The second-order valence-electron chi connectivity index (χ2n) is 3.05. The summed E-state index contributed by atoms with van der Waals surface area (Å²) < 4.78 is 1.68. The van der Waals surface area contributed by atoms with Gasteiger partial charge in [0.2, 0.25) is 0 Å². The molecule has 2 nitrogen and oxygen atoms in total. The Labute approximate surface area is 98.2 Å². The van der Waals surface area contributed by atoms with Gasteiger partial charge in [-0.2, -0.15) is 0 Å². The van der Waals surface area contributed by atoms with E-state index >= 15 is 0 Å². The molecule has 0 bridgehead atoms. The molecule has 0 radical (unpaired) electrons. The smallest absolute Gasteiger partial charge is 0.141 e. The maximum atomic E-state index is 9.64. The Hall–Kier alpha value is -0.610. The molecule has 0 unspecified atom stereocenters. The lowest BCUT2D eigenvalue weighted by Gasteiger charge is -2.06. The lowest BCUT2D eigenvalue weighted by Crippen LogP contribution is -1.86. The van der Waals surface area contributed by atoms with Gasteiger partial charge in [0.25, 0.3) is 0 Å². The summed E-state index contributed by atoms with van der Waals surface area (Å²) in [4.78, 5) is 4.23. The maximum absolute atomic E-state index is 9.64. The summed E-state index contributed by atoms with van der Waals surface area (Å²) in [7, 11) is 0. The number of aromatic hydroxyl groups is 1. The summed E-state index contributed by atoms with van der Waals surface area (Å²) in [6.07, 6.45) is 0. The molecular formula is C10H7Br2NO. The number of hydrogen-bond acceptors (Lipinski definition) is 2. The number of nitrogens with zero attached hydrogens (tertiary/aromatic N) is 1. The van der Waals surface area contributed by atoms with Crippen molar-refractivity contribution in [2.45, 2.75) is 6.92 Å². The molecule has 4 heteroatoms. The largest absolute Gasteiger partial charge is 0.506 e. The quantitative estimate of drug-likeness (QED) is 0.750. The molecule has 0 fully saturated rings. The van der Waals surface area contributed by atoms with Crippen LogP contribution >= 0.6 is 31.9 Å². The average Bonchev–Trinajstić information content (AvgIpc) is 2.10. The molecule has 14 heavy (non-hydrogen) atoms. The van der Waals surface area contributed by atoms with Crippen LogP contribution in [0.1, 0.15) is 5.56 Å². The van der Waals surface area contributed by atoms with Gasteiger partial charge in [-0.3, -0.25) is 0 Å². The molecule has 72 valence electrons. The van der Waals surface area contributed by atoms with E-state index in [9.17, 15) is 5.11 Å². The average molecular weight is 317 g/mol. The van der Waals surface area contributed by atoms with Gasteiger partial charge in [0.1, 0.15) is 15.9 Å². The fraction of sp³-hybridized carbons (Fsp3) is 0.100. The summed E-state index contributed by atoms with van der Waals surface area (Å²) >= 11 is 6.74. The number of fused-ring (bicyclic) bond motifs is 1. The Morgan fingerprint density at radius 1 is 1.29 bits per heavy atom. The van der Waals surface area contributed by atoms with E-state index in [0.717, 1.165) is 20.0 Å². The third-order valence-corrected chi connectivity index (χ3v) is 3.12. The van der Waals surface area contributed by atoms with Gasteiger partial charge < -0.3 is 5.11 Å². The van der Waals surface area contributed by atoms with Crippen molar-refractivity contribution >= 4 is 42.8 Å². The Morgan fingerprint density at radius 2 is 2.00 bits per heavy atom. The summed E-state index contributed by atoms with van der Waals surface area (Å²) in [5.41, 5.74) is 1.69. The summed E-state index contributed by atoms with van der Waals surface area (Å²) in [6, 6.07) is 5.37. The van der Waals surface area contributed by atoms with E-state index in [1.54, 1.807) is 6.07 Å². The van der Waals surface area contributed by atoms with Gasteiger partial charge in [0.05, 0.1) is 0 Å². The van der Waals surface area contributed by atoms with Crippen LogP contribution < -0.4 is 0 Å². The van der Waals surface area contributed by atoms with Crippen LogP contribution in [-0.4, -0.2) is 10.1 Å². The van der Waals surface area contributed by atoms with Gasteiger partial charge >= 0.3 is 0 Å². The van der Waals surface area contributed by atoms with Crippen LogP contribution in [0, 0.1) is 6.92 Å². The van der Waals surface area contributed by atoms with E-state index in [4.69, 9.17) is 0 Å². The molecule has 2 rings (SSSR count). The van der Waals surface area contributed by atoms with Gasteiger partial charge in [0, 0.05) is 9.86 Å². The summed E-state index contributed by atoms with van der Waals surface area (Å²) in [5.74, 6) is 0.201. The zero-order valence-electron chi connectivity index (χ0n) is 7.38. The number of pyridine rings is 1. The van der Waals surface area contributed by atoms with Crippen molar-refractivity contribution in [1.29, 1.82) is 0 Å². The number of benzene rings is 1. The second-order valence-corrected chi connectivity index (χ2v) is 4.72. The van der Waals surface area contributed by atoms with Crippen LogP contribution in [0.4, 0.5) is 0 Å². The molecule has 1 N–H and O–H groups in total. The second kappa shape index (κ2) is 3.51. The Balaban J connectivity index is 3.00. The molecule has 1 aromatic carbocycles. The number of aromatic nitrogens is 1. The van der Waals surface area contributed by atoms with E-state index in [1.165, 1.54) is 0 Å². The highest BCUT2D eigenvalue weighted by Crippen LogP contribution is 2.33. The van der Waals surface area contributed by atoms with E-state index in [2.05, 4.69) is 36.8 Å². The Bertz CT molecular complexity index is 511. The Morgan fingerprint density at radius 3 is 2.71 bits per heavy atom. The zero-order chi connectivity index (χ0) is 10.3. The van der Waals surface area contributed by atoms with Crippen LogP contribution in [0.25, 0.3) is 10.9 Å². The minimum Gasteiger partial charge on any atom is -0.506 e. The molecule has 1 heterocycles. The highest BCUT2D eigenvalue weighted by molar-refractivity contribution is 9.11. The van der Waals surface area contributed by atoms with Crippen molar-refractivity contribution in [2.75, 3.05) is 0 Å².